The van der Waals surface area contributed by atoms with E-state index in [1.165, 1.54) is 12.3 Å². The highest BCUT2D eigenvalue weighted by Gasteiger charge is 2.11. The first-order valence-electron chi connectivity index (χ1n) is 6.29. The summed E-state index contributed by atoms with van der Waals surface area (Å²) >= 11 is 0. The molecular weight excluding hydrogens is 264 g/mol. The van der Waals surface area contributed by atoms with Crippen LogP contribution < -0.4 is 10.6 Å². The molecule has 20 heavy (non-hydrogen) atoms. The second kappa shape index (κ2) is 7.98. The van der Waals surface area contributed by atoms with Crippen LogP contribution in [0.25, 0.3) is 0 Å². The van der Waals surface area contributed by atoms with E-state index in [1.807, 2.05) is 0 Å². The molecule has 0 fully saturated rings. The smallest absolute Gasteiger partial charge is 0.303 e. The zero-order valence-electron chi connectivity index (χ0n) is 11.2. The minimum absolute atomic E-state index is 0.00943. The summed E-state index contributed by atoms with van der Waals surface area (Å²) in [5, 5.41) is 13.7. The normalized spacial score (nSPS) is 11.7. The van der Waals surface area contributed by atoms with Gasteiger partial charge in [-0.3, -0.25) is 14.4 Å². The lowest BCUT2D eigenvalue weighted by Gasteiger charge is -2.10. The fraction of sp³-hybridized carbons (Fsp3) is 0.462. The number of aliphatic carboxylic acids is 1. The predicted octanol–water partition coefficient (Wildman–Crippen LogP) is 0.626. The van der Waals surface area contributed by atoms with Crippen molar-refractivity contribution < 1.29 is 23.9 Å². The first-order valence-corrected chi connectivity index (χ1v) is 6.29. The monoisotopic (exact) mass is 282 g/mol. The number of hydrogen-bond donors (Lipinski definition) is 3. The number of carbonyl (C=O) groups excluding carboxylic acids is 2. The SMILES string of the molecule is CC(CNC(=O)CCNC(=O)c1ccco1)CC(=O)O. The summed E-state index contributed by atoms with van der Waals surface area (Å²) in [4.78, 5) is 33.4. The zero-order valence-corrected chi connectivity index (χ0v) is 11.2. The van der Waals surface area contributed by atoms with Crippen LogP contribution in [0.2, 0.25) is 0 Å². The van der Waals surface area contributed by atoms with Gasteiger partial charge in [-0.1, -0.05) is 6.92 Å². The molecule has 0 aliphatic rings. The Morgan fingerprint density at radius 3 is 2.70 bits per heavy atom. The molecule has 1 rings (SSSR count). The molecule has 0 aromatic carbocycles. The highest BCUT2D eigenvalue weighted by atomic mass is 16.4. The van der Waals surface area contributed by atoms with Crippen molar-refractivity contribution in [2.75, 3.05) is 13.1 Å². The molecule has 0 saturated carbocycles. The van der Waals surface area contributed by atoms with Crippen molar-refractivity contribution in [3.8, 4) is 0 Å². The Kier molecular flexibility index (Phi) is 6.28. The molecule has 0 saturated heterocycles. The van der Waals surface area contributed by atoms with E-state index < -0.39 is 5.97 Å². The van der Waals surface area contributed by atoms with Gasteiger partial charge in [0.1, 0.15) is 0 Å². The van der Waals surface area contributed by atoms with Gasteiger partial charge in [0, 0.05) is 25.9 Å². The molecule has 1 aromatic heterocycles. The van der Waals surface area contributed by atoms with Gasteiger partial charge in [-0.25, -0.2) is 0 Å². The third kappa shape index (κ3) is 6.03. The molecule has 0 radical (unpaired) electrons. The summed E-state index contributed by atoms with van der Waals surface area (Å²) in [5.41, 5.74) is 0. The van der Waals surface area contributed by atoms with Crippen LogP contribution in [-0.4, -0.2) is 36.0 Å². The Labute approximate surface area is 116 Å². The summed E-state index contributed by atoms with van der Waals surface area (Å²) in [6.45, 7) is 2.24. The molecule has 0 spiro atoms. The fourth-order valence-corrected chi connectivity index (χ4v) is 1.53. The lowest BCUT2D eigenvalue weighted by Crippen LogP contribution is -2.33. The van der Waals surface area contributed by atoms with Crippen molar-refractivity contribution in [3.63, 3.8) is 0 Å². The molecule has 0 bridgehead atoms. The van der Waals surface area contributed by atoms with Gasteiger partial charge >= 0.3 is 5.97 Å². The Morgan fingerprint density at radius 2 is 2.10 bits per heavy atom. The van der Waals surface area contributed by atoms with Gasteiger partial charge in [0.05, 0.1) is 6.26 Å². The minimum Gasteiger partial charge on any atom is -0.481 e. The van der Waals surface area contributed by atoms with Crippen molar-refractivity contribution in [3.05, 3.63) is 24.2 Å². The van der Waals surface area contributed by atoms with Crippen LogP contribution >= 0.6 is 0 Å². The highest BCUT2D eigenvalue weighted by molar-refractivity contribution is 5.91. The van der Waals surface area contributed by atoms with Crippen LogP contribution in [-0.2, 0) is 9.59 Å². The van der Waals surface area contributed by atoms with Crippen LogP contribution in [0.5, 0.6) is 0 Å². The highest BCUT2D eigenvalue weighted by Crippen LogP contribution is 2.00. The fourth-order valence-electron chi connectivity index (χ4n) is 1.53. The zero-order chi connectivity index (χ0) is 15.0. The van der Waals surface area contributed by atoms with Gasteiger partial charge in [0.2, 0.25) is 5.91 Å². The number of hydrogen-bond acceptors (Lipinski definition) is 4. The molecule has 110 valence electrons. The molecule has 1 aromatic rings. The van der Waals surface area contributed by atoms with E-state index in [0.717, 1.165) is 0 Å². The molecule has 7 nitrogen and oxygen atoms in total. The Morgan fingerprint density at radius 1 is 1.35 bits per heavy atom. The second-order valence-corrected chi connectivity index (χ2v) is 4.49. The van der Waals surface area contributed by atoms with E-state index in [9.17, 15) is 14.4 Å². The topological polar surface area (TPSA) is 109 Å². The molecule has 1 heterocycles. The van der Waals surface area contributed by atoms with Crippen molar-refractivity contribution in [1.29, 1.82) is 0 Å². The lowest BCUT2D eigenvalue weighted by molar-refractivity contribution is -0.138. The van der Waals surface area contributed by atoms with E-state index >= 15 is 0 Å². The van der Waals surface area contributed by atoms with Crippen molar-refractivity contribution in [2.24, 2.45) is 5.92 Å². The van der Waals surface area contributed by atoms with Crippen LogP contribution in [0.4, 0.5) is 0 Å². The third-order valence-corrected chi connectivity index (χ3v) is 2.55. The number of furan rings is 1. The predicted molar refractivity (Wildman–Crippen MR) is 70.1 cm³/mol. The van der Waals surface area contributed by atoms with E-state index in [4.69, 9.17) is 9.52 Å². The Hall–Kier alpha value is -2.31. The molecule has 1 atom stereocenters. The van der Waals surface area contributed by atoms with Gasteiger partial charge in [-0.15, -0.1) is 0 Å². The van der Waals surface area contributed by atoms with Crippen molar-refractivity contribution >= 4 is 17.8 Å². The summed E-state index contributed by atoms with van der Waals surface area (Å²) in [5.74, 6) is -1.43. The van der Waals surface area contributed by atoms with Gasteiger partial charge in [0.15, 0.2) is 5.76 Å². The molecular formula is C13H18N2O5. The molecule has 7 heteroatoms. The number of nitrogens with one attached hydrogen (secondary N) is 2. The molecule has 2 amide bonds. The molecule has 0 aliphatic carbocycles. The summed E-state index contributed by atoms with van der Waals surface area (Å²) in [6.07, 6.45) is 1.53. The molecule has 1 unspecified atom stereocenters. The van der Waals surface area contributed by atoms with Crippen LogP contribution in [0.1, 0.15) is 30.3 Å². The largest absolute Gasteiger partial charge is 0.481 e. The summed E-state index contributed by atoms with van der Waals surface area (Å²) in [6, 6.07) is 3.13. The summed E-state index contributed by atoms with van der Waals surface area (Å²) in [7, 11) is 0. The second-order valence-electron chi connectivity index (χ2n) is 4.49. The van der Waals surface area contributed by atoms with Crippen molar-refractivity contribution in [2.45, 2.75) is 19.8 Å². The molecule has 3 N–H and O–H groups in total. The summed E-state index contributed by atoms with van der Waals surface area (Å²) < 4.78 is 4.90. The standard InChI is InChI=1S/C13H18N2O5/c1-9(7-12(17)18)8-15-11(16)4-5-14-13(19)10-3-2-6-20-10/h2-3,6,9H,4-5,7-8H2,1H3,(H,14,19)(H,15,16)(H,17,18). The van der Waals surface area contributed by atoms with Crippen LogP contribution in [0.3, 0.4) is 0 Å². The number of carbonyl (C=O) groups is 3. The maximum absolute atomic E-state index is 11.5. The number of amides is 2. The van der Waals surface area contributed by atoms with Gasteiger partial charge in [0.25, 0.3) is 5.91 Å². The first-order chi connectivity index (χ1) is 9.49. The average molecular weight is 282 g/mol. The maximum atomic E-state index is 11.5. The lowest BCUT2D eigenvalue weighted by atomic mass is 10.1. The maximum Gasteiger partial charge on any atom is 0.303 e. The third-order valence-electron chi connectivity index (χ3n) is 2.55. The van der Waals surface area contributed by atoms with Crippen molar-refractivity contribution in [1.82, 2.24) is 10.6 Å². The molecule has 0 aliphatic heterocycles. The number of carboxylic acid groups (broad SMARTS) is 1. The van der Waals surface area contributed by atoms with Gasteiger partial charge in [-0.2, -0.15) is 0 Å². The average Bonchev–Trinajstić information content (AvgIpc) is 2.89. The number of carboxylic acids is 1. The Balaban J connectivity index is 2.14. The van der Waals surface area contributed by atoms with E-state index in [-0.39, 0.29) is 42.9 Å². The first kappa shape index (κ1) is 15.7. The van der Waals surface area contributed by atoms with Gasteiger partial charge < -0.3 is 20.2 Å². The quantitative estimate of drug-likeness (QED) is 0.648. The van der Waals surface area contributed by atoms with E-state index in [1.54, 1.807) is 13.0 Å². The number of rotatable bonds is 8. The Bertz CT molecular complexity index is 455. The van der Waals surface area contributed by atoms with Crippen LogP contribution in [0.15, 0.2) is 22.8 Å². The van der Waals surface area contributed by atoms with E-state index in [0.29, 0.717) is 6.54 Å². The van der Waals surface area contributed by atoms with Gasteiger partial charge in [-0.05, 0) is 18.1 Å². The van der Waals surface area contributed by atoms with Crippen LogP contribution in [0, 0.1) is 5.92 Å². The van der Waals surface area contributed by atoms with E-state index in [2.05, 4.69) is 10.6 Å². The minimum atomic E-state index is -0.891.